The summed E-state index contributed by atoms with van der Waals surface area (Å²) < 4.78 is 13.7. The van der Waals surface area contributed by atoms with Gasteiger partial charge in [0.15, 0.2) is 0 Å². The molecule has 1 unspecified atom stereocenters. The highest BCUT2D eigenvalue weighted by atomic mass is 32.1. The van der Waals surface area contributed by atoms with Crippen LogP contribution in [0.5, 0.6) is 0 Å². The van der Waals surface area contributed by atoms with Crippen LogP contribution in [0, 0.1) is 5.82 Å². The van der Waals surface area contributed by atoms with Crippen LogP contribution < -0.4 is 0 Å². The molecule has 2 heterocycles. The molecule has 0 bridgehead atoms. The molecule has 8 heteroatoms. The van der Waals surface area contributed by atoms with Gasteiger partial charge in [0.25, 0.3) is 0 Å². The lowest BCUT2D eigenvalue weighted by Crippen LogP contribution is -2.36. The highest BCUT2D eigenvalue weighted by Crippen LogP contribution is 2.23. The lowest BCUT2D eigenvalue weighted by Gasteiger charge is -2.19. The van der Waals surface area contributed by atoms with Crippen molar-refractivity contribution >= 4 is 29.2 Å². The van der Waals surface area contributed by atoms with Gasteiger partial charge in [-0.3, -0.25) is 19.4 Å². The second-order valence-electron chi connectivity index (χ2n) is 5.21. The molecular weight excluding hydrogens is 335 g/mol. The molecule has 1 aromatic carbocycles. The Hall–Kier alpha value is -2.58. The van der Waals surface area contributed by atoms with Crippen molar-refractivity contribution in [3.63, 3.8) is 0 Å². The maximum atomic E-state index is 13.7. The Balaban J connectivity index is 1.76. The quantitative estimate of drug-likeness (QED) is 0.661. The van der Waals surface area contributed by atoms with E-state index in [1.165, 1.54) is 35.6 Å². The van der Waals surface area contributed by atoms with Crippen LogP contribution in [-0.4, -0.2) is 39.3 Å². The summed E-state index contributed by atoms with van der Waals surface area (Å²) in [5, 5.41) is 11.9. The molecule has 24 heavy (non-hydrogen) atoms. The Morgan fingerprint density at radius 2 is 1.75 bits per heavy atom. The van der Waals surface area contributed by atoms with Crippen LogP contribution in [-0.2, 0) is 16.1 Å². The molecule has 0 spiro atoms. The molecule has 1 aliphatic rings. The Morgan fingerprint density at radius 3 is 2.42 bits per heavy atom. The zero-order chi connectivity index (χ0) is 17.3. The molecular formula is C16H13FN2O4S. The number of amides is 4. The van der Waals surface area contributed by atoms with Gasteiger partial charge in [0.05, 0.1) is 19.2 Å². The van der Waals surface area contributed by atoms with Crippen molar-refractivity contribution in [1.29, 1.82) is 0 Å². The molecule has 124 valence electrons. The standard InChI is InChI=1S/C16H13FN2O4S/c17-12-6-2-1-5-11(12)13(20)9-19-15(22)14(21)18(16(19)23)8-10-4-3-7-24-10/h1-7,13,20H,8-9H2. The summed E-state index contributed by atoms with van der Waals surface area (Å²) in [7, 11) is 0. The number of imide groups is 2. The molecule has 1 atom stereocenters. The van der Waals surface area contributed by atoms with E-state index in [0.29, 0.717) is 4.90 Å². The second kappa shape index (κ2) is 6.50. The molecule has 4 amide bonds. The minimum atomic E-state index is -1.41. The topological polar surface area (TPSA) is 77.9 Å². The molecule has 1 saturated heterocycles. The normalized spacial score (nSPS) is 16.2. The van der Waals surface area contributed by atoms with Crippen LogP contribution in [0.4, 0.5) is 9.18 Å². The number of β-amino-alcohol motifs (C(OH)–C–C–N with tert-alkyl or cyclic N) is 1. The van der Waals surface area contributed by atoms with E-state index < -0.39 is 36.3 Å². The fraction of sp³-hybridized carbons (Fsp3) is 0.188. The van der Waals surface area contributed by atoms with Crippen molar-refractivity contribution < 1.29 is 23.9 Å². The summed E-state index contributed by atoms with van der Waals surface area (Å²) in [6.45, 7) is -0.487. The van der Waals surface area contributed by atoms with Gasteiger partial charge in [0.2, 0.25) is 0 Å². The molecule has 1 aliphatic heterocycles. The third-order valence-electron chi connectivity index (χ3n) is 3.65. The monoisotopic (exact) mass is 348 g/mol. The fourth-order valence-corrected chi connectivity index (χ4v) is 3.12. The maximum absolute atomic E-state index is 13.7. The van der Waals surface area contributed by atoms with Crippen molar-refractivity contribution in [3.8, 4) is 0 Å². The van der Waals surface area contributed by atoms with E-state index >= 15 is 0 Å². The lowest BCUT2D eigenvalue weighted by atomic mass is 10.1. The fourth-order valence-electron chi connectivity index (χ4n) is 2.43. The summed E-state index contributed by atoms with van der Waals surface area (Å²) in [5.41, 5.74) is -0.0396. The highest BCUT2D eigenvalue weighted by Gasteiger charge is 2.45. The third-order valence-corrected chi connectivity index (χ3v) is 4.51. The first-order valence-electron chi connectivity index (χ1n) is 7.11. The molecule has 0 radical (unpaired) electrons. The number of aliphatic hydroxyl groups excluding tert-OH is 1. The number of hydrogen-bond donors (Lipinski definition) is 1. The summed E-state index contributed by atoms with van der Waals surface area (Å²) in [6, 6.07) is 8.22. The van der Waals surface area contributed by atoms with Crippen molar-refractivity contribution in [3.05, 3.63) is 58.0 Å². The van der Waals surface area contributed by atoms with Gasteiger partial charge in [0, 0.05) is 10.4 Å². The van der Waals surface area contributed by atoms with E-state index in [-0.39, 0.29) is 12.1 Å². The molecule has 1 fully saturated rings. The van der Waals surface area contributed by atoms with Crippen molar-refractivity contribution in [2.24, 2.45) is 0 Å². The number of halogens is 1. The van der Waals surface area contributed by atoms with Crippen LogP contribution in [0.25, 0.3) is 0 Å². The average molecular weight is 348 g/mol. The number of carbonyl (C=O) groups excluding carboxylic acids is 3. The minimum Gasteiger partial charge on any atom is -0.386 e. The predicted octanol–water partition coefficient (Wildman–Crippen LogP) is 1.91. The van der Waals surface area contributed by atoms with Crippen LogP contribution in [0.3, 0.4) is 0 Å². The van der Waals surface area contributed by atoms with Gasteiger partial charge in [-0.15, -0.1) is 11.3 Å². The molecule has 3 rings (SSSR count). The largest absolute Gasteiger partial charge is 0.386 e. The van der Waals surface area contributed by atoms with Crippen molar-refractivity contribution in [2.75, 3.05) is 6.54 Å². The van der Waals surface area contributed by atoms with Crippen molar-refractivity contribution in [1.82, 2.24) is 9.80 Å². The zero-order valence-electron chi connectivity index (χ0n) is 12.4. The zero-order valence-corrected chi connectivity index (χ0v) is 13.2. The molecule has 1 N–H and O–H groups in total. The molecule has 1 aromatic heterocycles. The smallest absolute Gasteiger partial charge is 0.334 e. The number of rotatable bonds is 5. The van der Waals surface area contributed by atoms with Gasteiger partial charge in [-0.05, 0) is 17.5 Å². The number of hydrogen-bond acceptors (Lipinski definition) is 5. The number of carbonyl (C=O) groups is 3. The highest BCUT2D eigenvalue weighted by molar-refractivity contribution is 7.09. The van der Waals surface area contributed by atoms with Gasteiger partial charge in [-0.25, -0.2) is 9.18 Å². The van der Waals surface area contributed by atoms with E-state index in [1.807, 2.05) is 0 Å². The maximum Gasteiger partial charge on any atom is 0.334 e. The summed E-state index contributed by atoms with van der Waals surface area (Å²) in [5.74, 6) is -2.62. The Bertz CT molecular complexity index is 793. The van der Waals surface area contributed by atoms with Crippen LogP contribution in [0.2, 0.25) is 0 Å². The summed E-state index contributed by atoms with van der Waals surface area (Å²) in [4.78, 5) is 38.6. The Kier molecular flexibility index (Phi) is 4.41. The van der Waals surface area contributed by atoms with E-state index in [4.69, 9.17) is 0 Å². The lowest BCUT2D eigenvalue weighted by molar-refractivity contribution is -0.143. The number of nitrogens with zero attached hydrogens (tertiary/aromatic N) is 2. The van der Waals surface area contributed by atoms with E-state index in [9.17, 15) is 23.9 Å². The number of thiophene rings is 1. The average Bonchev–Trinajstić information content (AvgIpc) is 3.14. The van der Waals surface area contributed by atoms with E-state index in [2.05, 4.69) is 0 Å². The number of urea groups is 1. The van der Waals surface area contributed by atoms with Gasteiger partial charge >= 0.3 is 17.8 Å². The summed E-state index contributed by atoms with van der Waals surface area (Å²) in [6.07, 6.45) is -1.41. The third kappa shape index (κ3) is 2.93. The Morgan fingerprint density at radius 1 is 1.04 bits per heavy atom. The molecule has 0 aliphatic carbocycles. The van der Waals surface area contributed by atoms with Gasteiger partial charge in [-0.1, -0.05) is 24.3 Å². The minimum absolute atomic E-state index is 0.00658. The molecule has 2 aromatic rings. The number of aliphatic hydroxyl groups is 1. The first-order chi connectivity index (χ1) is 11.5. The van der Waals surface area contributed by atoms with E-state index in [0.717, 1.165) is 9.78 Å². The van der Waals surface area contributed by atoms with Crippen molar-refractivity contribution in [2.45, 2.75) is 12.6 Å². The first-order valence-corrected chi connectivity index (χ1v) is 7.99. The van der Waals surface area contributed by atoms with Crippen LogP contribution in [0.15, 0.2) is 41.8 Å². The van der Waals surface area contributed by atoms with Crippen LogP contribution in [0.1, 0.15) is 16.5 Å². The first kappa shape index (κ1) is 16.3. The number of benzene rings is 1. The summed E-state index contributed by atoms with van der Waals surface area (Å²) >= 11 is 1.35. The van der Waals surface area contributed by atoms with E-state index in [1.54, 1.807) is 17.5 Å². The van der Waals surface area contributed by atoms with Gasteiger partial charge < -0.3 is 5.11 Å². The molecule has 0 saturated carbocycles. The predicted molar refractivity (Wildman–Crippen MR) is 83.3 cm³/mol. The van der Waals surface area contributed by atoms with Crippen LogP contribution >= 0.6 is 11.3 Å². The second-order valence-corrected chi connectivity index (χ2v) is 6.24. The molecule has 6 nitrogen and oxygen atoms in total. The Labute approximate surface area is 140 Å². The van der Waals surface area contributed by atoms with Gasteiger partial charge in [-0.2, -0.15) is 0 Å². The van der Waals surface area contributed by atoms with Gasteiger partial charge in [0.1, 0.15) is 5.82 Å². The SMILES string of the molecule is O=C1C(=O)N(CC(O)c2ccccc2F)C(=O)N1Cc1cccs1.